The third-order valence-corrected chi connectivity index (χ3v) is 8.03. The molecule has 1 unspecified atom stereocenters. The Bertz CT molecular complexity index is 1440. The molecule has 0 radical (unpaired) electrons. The second-order valence-electron chi connectivity index (χ2n) is 9.94. The van der Waals surface area contributed by atoms with Gasteiger partial charge in [-0.3, -0.25) is 14.6 Å². The summed E-state index contributed by atoms with van der Waals surface area (Å²) in [7, 11) is 0. The molecule has 11 nitrogen and oxygen atoms in total. The second kappa shape index (κ2) is 11.2. The minimum atomic E-state index is -0.499. The number of carbonyl (C=O) groups excluding carboxylic acids is 2. The van der Waals surface area contributed by atoms with E-state index in [9.17, 15) is 9.59 Å². The summed E-state index contributed by atoms with van der Waals surface area (Å²) in [6, 6.07) is 6.56. The summed E-state index contributed by atoms with van der Waals surface area (Å²) in [5.74, 6) is 1.69. The Labute approximate surface area is 241 Å². The van der Waals surface area contributed by atoms with Crippen LogP contribution in [0.15, 0.2) is 30.5 Å². The molecule has 1 saturated heterocycles. The van der Waals surface area contributed by atoms with E-state index in [-0.39, 0.29) is 23.6 Å². The molecule has 3 aliphatic rings. The Hall–Kier alpha value is -3.41. The minimum Gasteiger partial charge on any atom is -0.481 e. The van der Waals surface area contributed by atoms with E-state index in [0.717, 1.165) is 36.1 Å². The van der Waals surface area contributed by atoms with Crippen LogP contribution in [0.3, 0.4) is 0 Å². The molecule has 210 valence electrons. The van der Waals surface area contributed by atoms with Crippen molar-refractivity contribution in [1.82, 2.24) is 29.3 Å². The zero-order chi connectivity index (χ0) is 27.8. The standard InChI is InChI=1S/C27H29Cl2N7O4/c1-17(37)34-8-9-35-23(15-34)31-19-5-7-36(26(25(19)35)20-14-18(28)4-6-30-20)24(38)16-40-21-2-3-22(32-27(21)29)33-10-12-39-13-11-33/h2-4,6,14,26H,5,7-13,15-16H2,1H3. The van der Waals surface area contributed by atoms with Gasteiger partial charge in [-0.25, -0.2) is 9.97 Å². The highest BCUT2D eigenvalue weighted by Crippen LogP contribution is 2.37. The molecule has 1 fully saturated rings. The fraction of sp³-hybridized carbons (Fsp3) is 0.444. The quantitative estimate of drug-likeness (QED) is 0.421. The average Bonchev–Trinajstić information content (AvgIpc) is 3.34. The molecular weight excluding hydrogens is 557 g/mol. The zero-order valence-corrected chi connectivity index (χ0v) is 23.6. The van der Waals surface area contributed by atoms with E-state index in [0.29, 0.717) is 62.3 Å². The molecule has 0 spiro atoms. The number of amides is 2. The van der Waals surface area contributed by atoms with Crippen molar-refractivity contribution in [3.8, 4) is 5.75 Å². The molecule has 3 aliphatic heterocycles. The lowest BCUT2D eigenvalue weighted by atomic mass is 9.98. The fourth-order valence-electron chi connectivity index (χ4n) is 5.52. The lowest BCUT2D eigenvalue weighted by Gasteiger charge is -2.37. The highest BCUT2D eigenvalue weighted by atomic mass is 35.5. The van der Waals surface area contributed by atoms with E-state index in [4.69, 9.17) is 37.7 Å². The van der Waals surface area contributed by atoms with Crippen molar-refractivity contribution >= 4 is 40.8 Å². The van der Waals surface area contributed by atoms with Gasteiger partial charge in [-0.2, -0.15) is 0 Å². The number of halogens is 2. The second-order valence-corrected chi connectivity index (χ2v) is 10.7. The van der Waals surface area contributed by atoms with Gasteiger partial charge in [0, 0.05) is 57.3 Å². The summed E-state index contributed by atoms with van der Waals surface area (Å²) < 4.78 is 13.4. The molecule has 0 aliphatic carbocycles. The number of aromatic nitrogens is 4. The van der Waals surface area contributed by atoms with Crippen molar-refractivity contribution in [3.63, 3.8) is 0 Å². The zero-order valence-electron chi connectivity index (χ0n) is 22.1. The molecule has 3 aromatic rings. The number of rotatable bonds is 5. The van der Waals surface area contributed by atoms with Gasteiger partial charge in [-0.15, -0.1) is 0 Å². The Morgan fingerprint density at radius 3 is 2.65 bits per heavy atom. The molecule has 1 atom stereocenters. The Kier molecular flexibility index (Phi) is 7.52. The van der Waals surface area contributed by atoms with Crippen molar-refractivity contribution < 1.29 is 19.1 Å². The number of carbonyl (C=O) groups is 2. The summed E-state index contributed by atoms with van der Waals surface area (Å²) in [4.78, 5) is 45.2. The molecule has 0 bridgehead atoms. The molecule has 13 heteroatoms. The van der Waals surface area contributed by atoms with Gasteiger partial charge in [0.05, 0.1) is 36.8 Å². The summed E-state index contributed by atoms with van der Waals surface area (Å²) in [6.07, 6.45) is 2.21. The van der Waals surface area contributed by atoms with Gasteiger partial charge < -0.3 is 28.7 Å². The Balaban J connectivity index is 1.25. The number of fused-ring (bicyclic) bond motifs is 3. The molecule has 2 amide bonds. The lowest BCUT2D eigenvalue weighted by molar-refractivity contribution is -0.135. The fourth-order valence-corrected chi connectivity index (χ4v) is 5.89. The molecule has 3 aromatic heterocycles. The predicted molar refractivity (Wildman–Crippen MR) is 148 cm³/mol. The van der Waals surface area contributed by atoms with Crippen molar-refractivity contribution in [2.24, 2.45) is 0 Å². The van der Waals surface area contributed by atoms with Crippen molar-refractivity contribution in [2.75, 3.05) is 50.9 Å². The predicted octanol–water partition coefficient (Wildman–Crippen LogP) is 2.73. The highest BCUT2D eigenvalue weighted by Gasteiger charge is 2.39. The molecule has 0 saturated carbocycles. The first-order chi connectivity index (χ1) is 19.4. The topological polar surface area (TPSA) is 106 Å². The van der Waals surface area contributed by atoms with Gasteiger partial charge in [0.2, 0.25) is 5.91 Å². The Morgan fingerprint density at radius 2 is 1.90 bits per heavy atom. The summed E-state index contributed by atoms with van der Waals surface area (Å²) in [5.41, 5.74) is 2.46. The van der Waals surface area contributed by atoms with Crippen LogP contribution in [0.5, 0.6) is 5.75 Å². The average molecular weight is 586 g/mol. The molecule has 0 N–H and O–H groups in total. The maximum Gasteiger partial charge on any atom is 0.261 e. The van der Waals surface area contributed by atoms with E-state index in [1.54, 1.807) is 41.1 Å². The van der Waals surface area contributed by atoms with Gasteiger partial charge in [-0.05, 0) is 24.3 Å². The minimum absolute atomic E-state index is 0.0142. The van der Waals surface area contributed by atoms with E-state index in [1.165, 1.54) is 0 Å². The SMILES string of the molecule is CC(=O)N1CCn2c(nc3c2C(c2cc(Cl)ccn2)N(C(=O)COc2ccc(N4CCOCC4)nc2Cl)CC3)C1. The van der Waals surface area contributed by atoms with Crippen LogP contribution >= 0.6 is 23.2 Å². The lowest BCUT2D eigenvalue weighted by Crippen LogP contribution is -2.44. The van der Waals surface area contributed by atoms with Crippen LogP contribution in [0.25, 0.3) is 0 Å². The maximum atomic E-state index is 13.7. The molecular formula is C27H29Cl2N7O4. The number of morpholine rings is 1. The van der Waals surface area contributed by atoms with Crippen molar-refractivity contribution in [1.29, 1.82) is 0 Å². The van der Waals surface area contributed by atoms with E-state index in [1.807, 2.05) is 6.07 Å². The third-order valence-electron chi connectivity index (χ3n) is 7.52. The molecule has 0 aromatic carbocycles. The van der Waals surface area contributed by atoms with Crippen LogP contribution < -0.4 is 9.64 Å². The monoisotopic (exact) mass is 585 g/mol. The van der Waals surface area contributed by atoms with Gasteiger partial charge in [0.1, 0.15) is 17.7 Å². The number of hydrogen-bond donors (Lipinski definition) is 0. The number of hydrogen-bond acceptors (Lipinski definition) is 8. The van der Waals surface area contributed by atoms with E-state index >= 15 is 0 Å². The van der Waals surface area contributed by atoms with Crippen molar-refractivity contribution in [3.05, 3.63) is 63.5 Å². The summed E-state index contributed by atoms with van der Waals surface area (Å²) in [6.45, 7) is 6.13. The first kappa shape index (κ1) is 26.8. The Morgan fingerprint density at radius 1 is 1.07 bits per heavy atom. The van der Waals surface area contributed by atoms with E-state index in [2.05, 4.69) is 19.4 Å². The van der Waals surface area contributed by atoms with Gasteiger partial charge in [0.15, 0.2) is 17.5 Å². The summed E-state index contributed by atoms with van der Waals surface area (Å²) >= 11 is 12.8. The van der Waals surface area contributed by atoms with Crippen LogP contribution in [0.4, 0.5) is 5.82 Å². The number of pyridine rings is 2. The molecule has 6 rings (SSSR count). The first-order valence-electron chi connectivity index (χ1n) is 13.3. The molecule has 40 heavy (non-hydrogen) atoms. The number of anilines is 1. The third kappa shape index (κ3) is 5.21. The normalized spacial score (nSPS) is 18.8. The summed E-state index contributed by atoms with van der Waals surface area (Å²) in [5, 5.41) is 0.728. The smallest absolute Gasteiger partial charge is 0.261 e. The van der Waals surface area contributed by atoms with Gasteiger partial charge >= 0.3 is 0 Å². The van der Waals surface area contributed by atoms with Crippen LogP contribution in [0.2, 0.25) is 10.2 Å². The largest absolute Gasteiger partial charge is 0.481 e. The maximum absolute atomic E-state index is 13.7. The van der Waals surface area contributed by atoms with Crippen molar-refractivity contribution in [2.45, 2.75) is 32.5 Å². The van der Waals surface area contributed by atoms with Crippen LogP contribution in [0, 0.1) is 0 Å². The number of imidazole rings is 1. The first-order valence-corrected chi connectivity index (χ1v) is 14.0. The molecule has 6 heterocycles. The van der Waals surface area contributed by atoms with Gasteiger partial charge in [-0.1, -0.05) is 23.2 Å². The number of nitrogens with zero attached hydrogens (tertiary/aromatic N) is 7. The van der Waals surface area contributed by atoms with Crippen LogP contribution in [0.1, 0.15) is 35.9 Å². The van der Waals surface area contributed by atoms with Crippen LogP contribution in [-0.4, -0.2) is 87.1 Å². The highest BCUT2D eigenvalue weighted by molar-refractivity contribution is 6.31. The van der Waals surface area contributed by atoms with Gasteiger partial charge in [0.25, 0.3) is 5.91 Å². The number of ether oxygens (including phenoxy) is 2. The van der Waals surface area contributed by atoms with Crippen LogP contribution in [-0.2, 0) is 33.8 Å². The van der Waals surface area contributed by atoms with E-state index < -0.39 is 6.04 Å².